The van der Waals surface area contributed by atoms with Crippen LogP contribution in [0.1, 0.15) is 35.0 Å². The van der Waals surface area contributed by atoms with E-state index in [-0.39, 0.29) is 5.92 Å². The number of benzene rings is 1. The van der Waals surface area contributed by atoms with Crippen LogP contribution in [0.2, 0.25) is 0 Å². The lowest BCUT2D eigenvalue weighted by molar-refractivity contribution is -0.112. The van der Waals surface area contributed by atoms with Gasteiger partial charge < -0.3 is 5.32 Å². The summed E-state index contributed by atoms with van der Waals surface area (Å²) in [5.74, 6) is -0.794. The Morgan fingerprint density at radius 3 is 2.47 bits per heavy atom. The maximum Gasteiger partial charge on any atom is 0.297 e. The first kappa shape index (κ1) is 13.5. The Bertz CT molecular complexity index is 588. The Morgan fingerprint density at radius 2 is 1.84 bits per heavy atom. The zero-order chi connectivity index (χ0) is 13.8. The number of hydrogen-bond acceptors (Lipinski definition) is 3. The lowest BCUT2D eigenvalue weighted by Gasteiger charge is -2.12. The van der Waals surface area contributed by atoms with Crippen LogP contribution >= 0.6 is 11.3 Å². The van der Waals surface area contributed by atoms with Gasteiger partial charge in [-0.15, -0.1) is 11.3 Å². The molecule has 0 spiro atoms. The highest BCUT2D eigenvalue weighted by Gasteiger charge is 2.18. The lowest BCUT2D eigenvalue weighted by atomic mass is 10.0. The van der Waals surface area contributed by atoms with Crippen LogP contribution < -0.4 is 5.32 Å². The number of anilines is 1. The fourth-order valence-electron chi connectivity index (χ4n) is 1.81. The molecular weight excluding hydrogens is 258 g/mol. The normalized spacial score (nSPS) is 10.5. The van der Waals surface area contributed by atoms with Gasteiger partial charge in [-0.1, -0.05) is 38.1 Å². The Labute approximate surface area is 116 Å². The molecule has 2 rings (SSSR count). The Morgan fingerprint density at radius 1 is 1.11 bits per heavy atom. The van der Waals surface area contributed by atoms with Crippen molar-refractivity contribution in [3.63, 3.8) is 0 Å². The van der Waals surface area contributed by atoms with Gasteiger partial charge in [0.25, 0.3) is 11.7 Å². The summed E-state index contributed by atoms with van der Waals surface area (Å²) in [5, 5.41) is 4.48. The molecule has 0 atom stereocenters. The zero-order valence-corrected chi connectivity index (χ0v) is 11.7. The molecule has 0 unspecified atom stereocenters. The van der Waals surface area contributed by atoms with Gasteiger partial charge in [0, 0.05) is 5.69 Å². The van der Waals surface area contributed by atoms with Crippen molar-refractivity contribution in [1.29, 1.82) is 0 Å². The molecule has 1 aromatic carbocycles. The van der Waals surface area contributed by atoms with E-state index < -0.39 is 11.7 Å². The summed E-state index contributed by atoms with van der Waals surface area (Å²) in [6.45, 7) is 4.10. The standard InChI is InChI=1S/C15H15NO2S/c1-10(2)11-6-3-4-7-12(11)16-15(18)14(17)13-8-5-9-19-13/h3-10H,1-2H3,(H,16,18). The topological polar surface area (TPSA) is 46.2 Å². The van der Waals surface area contributed by atoms with Crippen LogP contribution in [0.4, 0.5) is 5.69 Å². The van der Waals surface area contributed by atoms with Crippen molar-refractivity contribution >= 4 is 28.7 Å². The summed E-state index contributed by atoms with van der Waals surface area (Å²) in [6.07, 6.45) is 0. The second-order valence-corrected chi connectivity index (χ2v) is 5.45. The van der Waals surface area contributed by atoms with Gasteiger partial charge in [0.05, 0.1) is 4.88 Å². The number of Topliss-reactive ketones (excluding diaryl/α,β-unsaturated/α-hetero) is 1. The second-order valence-electron chi connectivity index (χ2n) is 4.50. The summed E-state index contributed by atoms with van der Waals surface area (Å²) in [6, 6.07) is 10.9. The number of thiophene rings is 1. The van der Waals surface area contributed by atoms with Crippen molar-refractivity contribution in [2.24, 2.45) is 0 Å². The summed E-state index contributed by atoms with van der Waals surface area (Å²) >= 11 is 1.27. The molecule has 0 aliphatic heterocycles. The molecule has 1 N–H and O–H groups in total. The zero-order valence-electron chi connectivity index (χ0n) is 10.8. The summed E-state index contributed by atoms with van der Waals surface area (Å²) in [7, 11) is 0. The Balaban J connectivity index is 2.18. The van der Waals surface area contributed by atoms with E-state index in [1.807, 2.05) is 38.1 Å². The number of rotatable bonds is 4. The predicted octanol–water partition coefficient (Wildman–Crippen LogP) is 3.69. The molecule has 0 bridgehead atoms. The average Bonchev–Trinajstić information content (AvgIpc) is 2.92. The molecule has 2 aromatic rings. The minimum Gasteiger partial charge on any atom is -0.319 e. The first-order valence-corrected chi connectivity index (χ1v) is 6.95. The molecular formula is C15H15NO2S. The number of carbonyl (C=O) groups is 2. The van der Waals surface area contributed by atoms with Crippen molar-refractivity contribution in [3.8, 4) is 0 Å². The fraction of sp³-hybridized carbons (Fsp3) is 0.200. The monoisotopic (exact) mass is 273 g/mol. The van der Waals surface area contributed by atoms with Gasteiger partial charge in [0.15, 0.2) is 0 Å². The van der Waals surface area contributed by atoms with Gasteiger partial charge in [0.1, 0.15) is 0 Å². The van der Waals surface area contributed by atoms with Crippen LogP contribution in [0.25, 0.3) is 0 Å². The minimum atomic E-state index is -0.587. The first-order valence-electron chi connectivity index (χ1n) is 6.07. The molecule has 0 saturated carbocycles. The Kier molecular flexibility index (Phi) is 4.12. The van der Waals surface area contributed by atoms with E-state index in [1.165, 1.54) is 11.3 Å². The van der Waals surface area contributed by atoms with Gasteiger partial charge in [-0.05, 0) is 29.0 Å². The minimum absolute atomic E-state index is 0.285. The van der Waals surface area contributed by atoms with Crippen LogP contribution in [0, 0.1) is 0 Å². The smallest absolute Gasteiger partial charge is 0.297 e. The molecule has 0 radical (unpaired) electrons. The maximum atomic E-state index is 11.9. The molecule has 0 aliphatic rings. The molecule has 4 heteroatoms. The first-order chi connectivity index (χ1) is 9.09. The third kappa shape index (κ3) is 3.09. The molecule has 0 fully saturated rings. The van der Waals surface area contributed by atoms with Gasteiger partial charge in [-0.3, -0.25) is 9.59 Å². The molecule has 98 valence electrons. The van der Waals surface area contributed by atoms with Crippen LogP contribution in [0.5, 0.6) is 0 Å². The summed E-state index contributed by atoms with van der Waals surface area (Å²) in [4.78, 5) is 24.3. The number of hydrogen-bond donors (Lipinski definition) is 1. The van der Waals surface area contributed by atoms with E-state index in [9.17, 15) is 9.59 Å². The summed E-state index contributed by atoms with van der Waals surface area (Å²) in [5.41, 5.74) is 1.72. The number of ketones is 1. The number of carbonyl (C=O) groups excluding carboxylic acids is 2. The molecule has 3 nitrogen and oxygen atoms in total. The highest BCUT2D eigenvalue weighted by molar-refractivity contribution is 7.13. The molecule has 1 amide bonds. The highest BCUT2D eigenvalue weighted by atomic mass is 32.1. The molecule has 19 heavy (non-hydrogen) atoms. The van der Waals surface area contributed by atoms with Crippen LogP contribution in [0.3, 0.4) is 0 Å². The number of para-hydroxylation sites is 1. The van der Waals surface area contributed by atoms with Crippen molar-refractivity contribution < 1.29 is 9.59 Å². The van der Waals surface area contributed by atoms with E-state index >= 15 is 0 Å². The number of amides is 1. The predicted molar refractivity (Wildman–Crippen MR) is 77.8 cm³/mol. The highest BCUT2D eigenvalue weighted by Crippen LogP contribution is 2.24. The molecule has 1 heterocycles. The second kappa shape index (κ2) is 5.80. The summed E-state index contributed by atoms with van der Waals surface area (Å²) < 4.78 is 0. The van der Waals surface area contributed by atoms with Crippen molar-refractivity contribution in [2.75, 3.05) is 5.32 Å². The van der Waals surface area contributed by atoms with Crippen LogP contribution in [0.15, 0.2) is 41.8 Å². The average molecular weight is 273 g/mol. The molecule has 0 aliphatic carbocycles. The SMILES string of the molecule is CC(C)c1ccccc1NC(=O)C(=O)c1cccs1. The molecule has 0 saturated heterocycles. The van der Waals surface area contributed by atoms with Gasteiger partial charge in [-0.2, -0.15) is 0 Å². The van der Waals surface area contributed by atoms with E-state index in [0.29, 0.717) is 10.6 Å². The van der Waals surface area contributed by atoms with Crippen molar-refractivity contribution in [1.82, 2.24) is 0 Å². The Hall–Kier alpha value is -1.94. The third-order valence-corrected chi connectivity index (χ3v) is 3.65. The maximum absolute atomic E-state index is 11.9. The van der Waals surface area contributed by atoms with Crippen LogP contribution in [-0.2, 0) is 4.79 Å². The van der Waals surface area contributed by atoms with E-state index in [2.05, 4.69) is 5.32 Å². The number of nitrogens with one attached hydrogen (secondary N) is 1. The van der Waals surface area contributed by atoms with Crippen LogP contribution in [-0.4, -0.2) is 11.7 Å². The third-order valence-electron chi connectivity index (χ3n) is 2.78. The molecule has 1 aromatic heterocycles. The van der Waals surface area contributed by atoms with Crippen molar-refractivity contribution in [2.45, 2.75) is 19.8 Å². The fourth-order valence-corrected chi connectivity index (χ4v) is 2.47. The quantitative estimate of drug-likeness (QED) is 0.682. The van der Waals surface area contributed by atoms with E-state index in [4.69, 9.17) is 0 Å². The van der Waals surface area contributed by atoms with E-state index in [0.717, 1.165) is 5.56 Å². The van der Waals surface area contributed by atoms with Crippen molar-refractivity contribution in [3.05, 3.63) is 52.2 Å². The lowest BCUT2D eigenvalue weighted by Crippen LogP contribution is -2.22. The van der Waals surface area contributed by atoms with Gasteiger partial charge >= 0.3 is 0 Å². The van der Waals surface area contributed by atoms with Gasteiger partial charge in [-0.25, -0.2) is 0 Å². The van der Waals surface area contributed by atoms with E-state index in [1.54, 1.807) is 17.5 Å². The largest absolute Gasteiger partial charge is 0.319 e. The van der Waals surface area contributed by atoms with Gasteiger partial charge in [0.2, 0.25) is 0 Å².